The first-order valence-electron chi connectivity index (χ1n) is 10.4. The van der Waals surface area contributed by atoms with E-state index in [0.717, 1.165) is 22.2 Å². The molecule has 4 aromatic rings. The van der Waals surface area contributed by atoms with Gasteiger partial charge in [0.05, 0.1) is 23.3 Å². The van der Waals surface area contributed by atoms with Gasteiger partial charge in [-0.15, -0.1) is 0 Å². The van der Waals surface area contributed by atoms with E-state index in [0.29, 0.717) is 18.8 Å². The third-order valence-electron chi connectivity index (χ3n) is 5.63. The molecule has 2 aromatic carbocycles. The molecule has 178 valence electrons. The number of hydrogen-bond donors (Lipinski definition) is 3. The molecule has 35 heavy (non-hydrogen) atoms. The van der Waals surface area contributed by atoms with Crippen molar-refractivity contribution < 1.29 is 18.8 Å². The molecule has 0 saturated heterocycles. The fourth-order valence-corrected chi connectivity index (χ4v) is 4.78. The molecule has 0 fully saturated rings. The van der Waals surface area contributed by atoms with Crippen LogP contribution in [0.4, 0.5) is 5.69 Å². The van der Waals surface area contributed by atoms with Gasteiger partial charge in [0.1, 0.15) is 17.4 Å². The number of nitrogens with one attached hydrogen (secondary N) is 3. The van der Waals surface area contributed by atoms with Gasteiger partial charge in [-0.3, -0.25) is 14.3 Å². The van der Waals surface area contributed by atoms with Crippen LogP contribution in [0.25, 0.3) is 10.9 Å². The van der Waals surface area contributed by atoms with Gasteiger partial charge in [0.2, 0.25) is 5.82 Å². The Morgan fingerprint density at radius 2 is 2.00 bits per heavy atom. The summed E-state index contributed by atoms with van der Waals surface area (Å²) < 4.78 is 16.1. The second-order valence-electron chi connectivity index (χ2n) is 8.60. The number of H-pyrrole nitrogens is 2. The number of amides is 1. The zero-order valence-corrected chi connectivity index (χ0v) is 19.9. The van der Waals surface area contributed by atoms with Crippen molar-refractivity contribution >= 4 is 45.7 Å². The largest absolute Gasteiger partial charge is 0.453 e. The van der Waals surface area contributed by atoms with Gasteiger partial charge >= 0.3 is 5.76 Å². The minimum Gasteiger partial charge on any atom is -0.453 e. The zero-order valence-electron chi connectivity index (χ0n) is 18.4. The maximum absolute atomic E-state index is 12.2. The number of nitriles is 1. The van der Waals surface area contributed by atoms with Crippen molar-refractivity contribution in [3.8, 4) is 17.6 Å². The van der Waals surface area contributed by atoms with Crippen LogP contribution in [0.1, 0.15) is 41.3 Å². The van der Waals surface area contributed by atoms with Gasteiger partial charge in [-0.25, -0.2) is 4.79 Å². The Balaban J connectivity index is 1.51. The van der Waals surface area contributed by atoms with Gasteiger partial charge in [0.25, 0.3) is 5.91 Å². The van der Waals surface area contributed by atoms with Crippen molar-refractivity contribution in [1.82, 2.24) is 15.1 Å². The molecule has 0 bridgehead atoms. The first-order valence-corrected chi connectivity index (χ1v) is 11.1. The number of carbonyl (C=O) groups is 1. The summed E-state index contributed by atoms with van der Waals surface area (Å²) in [7, 11) is 0. The van der Waals surface area contributed by atoms with Crippen LogP contribution in [-0.4, -0.2) is 27.6 Å². The SMILES string of the molecule is CC1(C)COCc2[nH]c3ccc(Oc4c(Cl)cc(NC(=O)c5noc(=O)[nH]5)cc4Cl)c(C#N)c3c21. The first-order chi connectivity index (χ1) is 16.7. The number of anilines is 1. The lowest BCUT2D eigenvalue weighted by Gasteiger charge is -2.30. The highest BCUT2D eigenvalue weighted by molar-refractivity contribution is 6.37. The Bertz CT molecular complexity index is 1570. The van der Waals surface area contributed by atoms with E-state index in [1.807, 2.05) is 6.07 Å². The topological polar surface area (TPSA) is 146 Å². The lowest BCUT2D eigenvalue weighted by molar-refractivity contribution is 0.0630. The third kappa shape index (κ3) is 4.04. The number of aromatic amines is 2. The summed E-state index contributed by atoms with van der Waals surface area (Å²) in [6.45, 7) is 5.07. The highest BCUT2D eigenvalue weighted by Gasteiger charge is 2.33. The highest BCUT2D eigenvalue weighted by Crippen LogP contribution is 2.44. The van der Waals surface area contributed by atoms with E-state index in [1.165, 1.54) is 12.1 Å². The summed E-state index contributed by atoms with van der Waals surface area (Å²) in [5.74, 6) is -1.50. The lowest BCUT2D eigenvalue weighted by Crippen LogP contribution is -2.29. The number of fused-ring (bicyclic) bond motifs is 3. The number of carbonyl (C=O) groups excluding carboxylic acids is 1. The van der Waals surface area contributed by atoms with Crippen molar-refractivity contribution in [3.63, 3.8) is 0 Å². The Morgan fingerprint density at radius 1 is 1.26 bits per heavy atom. The molecule has 3 N–H and O–H groups in total. The van der Waals surface area contributed by atoms with E-state index in [2.05, 4.69) is 44.9 Å². The first kappa shape index (κ1) is 23.0. The van der Waals surface area contributed by atoms with Gasteiger partial charge in [0.15, 0.2) is 5.75 Å². The molecule has 1 aliphatic heterocycles. The molecule has 1 aliphatic rings. The molecule has 0 radical (unpaired) electrons. The van der Waals surface area contributed by atoms with Gasteiger partial charge in [0, 0.05) is 27.7 Å². The lowest BCUT2D eigenvalue weighted by atomic mass is 9.81. The standard InChI is InChI=1S/C23H17Cl2N5O5/c1-23(2)9-33-8-15-18(23)17-11(7-26)16(4-3-14(17)28-15)34-19-12(24)5-10(6-13(19)25)27-21(31)20-29-22(32)35-30-20/h3-6,28H,8-9H2,1-2H3,(H,27,31)(H,29,30,32). The van der Waals surface area contributed by atoms with Crippen LogP contribution in [0.5, 0.6) is 11.5 Å². The number of aromatic nitrogens is 3. The normalized spacial score (nSPS) is 14.4. The Kier molecular flexibility index (Phi) is 5.56. The average Bonchev–Trinajstić information content (AvgIpc) is 3.40. The fourth-order valence-electron chi connectivity index (χ4n) is 4.21. The van der Waals surface area contributed by atoms with Crippen molar-refractivity contribution in [2.75, 3.05) is 11.9 Å². The molecule has 2 aromatic heterocycles. The summed E-state index contributed by atoms with van der Waals surface area (Å²) in [5, 5.41) is 16.8. The van der Waals surface area contributed by atoms with Crippen molar-refractivity contribution in [3.05, 3.63) is 67.5 Å². The minimum atomic E-state index is -0.861. The summed E-state index contributed by atoms with van der Waals surface area (Å²) in [4.78, 5) is 28.7. The number of nitrogens with zero attached hydrogens (tertiary/aromatic N) is 2. The average molecular weight is 514 g/mol. The molecule has 0 spiro atoms. The van der Waals surface area contributed by atoms with Gasteiger partial charge in [-0.2, -0.15) is 5.26 Å². The molecule has 1 amide bonds. The Morgan fingerprint density at radius 3 is 2.66 bits per heavy atom. The van der Waals surface area contributed by atoms with Crippen LogP contribution in [0.3, 0.4) is 0 Å². The quantitative estimate of drug-likeness (QED) is 0.352. The van der Waals surface area contributed by atoms with Crippen LogP contribution >= 0.6 is 23.2 Å². The van der Waals surface area contributed by atoms with Gasteiger partial charge in [-0.05, 0) is 35.0 Å². The molecule has 0 aliphatic carbocycles. The Labute approximate surface area is 207 Å². The molecule has 5 rings (SSSR count). The molecule has 10 nitrogen and oxygen atoms in total. The highest BCUT2D eigenvalue weighted by atomic mass is 35.5. The van der Waals surface area contributed by atoms with Crippen molar-refractivity contribution in [2.45, 2.75) is 25.9 Å². The predicted molar refractivity (Wildman–Crippen MR) is 127 cm³/mol. The van der Waals surface area contributed by atoms with Crippen LogP contribution in [0.2, 0.25) is 10.0 Å². The van der Waals surface area contributed by atoms with Gasteiger partial charge in [-0.1, -0.05) is 37.0 Å². The maximum Gasteiger partial charge on any atom is 0.439 e. The number of rotatable bonds is 4. The molecule has 0 saturated carbocycles. The zero-order chi connectivity index (χ0) is 24.9. The molecule has 0 atom stereocenters. The number of ether oxygens (including phenoxy) is 2. The molecule has 3 heterocycles. The van der Waals surface area contributed by atoms with E-state index < -0.39 is 11.7 Å². The smallest absolute Gasteiger partial charge is 0.439 e. The van der Waals surface area contributed by atoms with E-state index in [1.54, 1.807) is 6.07 Å². The second kappa shape index (κ2) is 8.46. The van der Waals surface area contributed by atoms with Crippen molar-refractivity contribution in [1.29, 1.82) is 5.26 Å². The minimum absolute atomic E-state index is 0.0928. The summed E-state index contributed by atoms with van der Waals surface area (Å²) >= 11 is 12.8. The van der Waals surface area contributed by atoms with E-state index in [-0.39, 0.29) is 38.5 Å². The van der Waals surface area contributed by atoms with Crippen LogP contribution < -0.4 is 15.8 Å². The van der Waals surface area contributed by atoms with Gasteiger partial charge < -0.3 is 19.8 Å². The van der Waals surface area contributed by atoms with E-state index in [9.17, 15) is 14.9 Å². The van der Waals surface area contributed by atoms with E-state index in [4.69, 9.17) is 32.7 Å². The second-order valence-corrected chi connectivity index (χ2v) is 9.41. The Hall–Kier alpha value is -3.78. The van der Waals surface area contributed by atoms with Crippen LogP contribution in [0.15, 0.2) is 33.6 Å². The predicted octanol–water partition coefficient (Wildman–Crippen LogP) is 4.88. The summed E-state index contributed by atoms with van der Waals surface area (Å²) in [6.07, 6.45) is 0. The summed E-state index contributed by atoms with van der Waals surface area (Å²) in [5.41, 5.74) is 3.02. The summed E-state index contributed by atoms with van der Waals surface area (Å²) in [6, 6.07) is 8.59. The van der Waals surface area contributed by atoms with Crippen molar-refractivity contribution in [2.24, 2.45) is 0 Å². The molecule has 0 unspecified atom stereocenters. The van der Waals surface area contributed by atoms with E-state index >= 15 is 0 Å². The number of halogens is 2. The van der Waals surface area contributed by atoms with Crippen LogP contribution in [-0.2, 0) is 16.8 Å². The number of hydrogen-bond acceptors (Lipinski definition) is 7. The molecular formula is C23H17Cl2N5O5. The number of benzene rings is 2. The monoisotopic (exact) mass is 513 g/mol. The fraction of sp³-hybridized carbons (Fsp3) is 0.217. The third-order valence-corrected chi connectivity index (χ3v) is 6.19. The van der Waals surface area contributed by atoms with Crippen LogP contribution in [0, 0.1) is 11.3 Å². The maximum atomic E-state index is 12.2. The molecular weight excluding hydrogens is 497 g/mol. The molecule has 12 heteroatoms.